The van der Waals surface area contributed by atoms with E-state index in [2.05, 4.69) is 10.8 Å². The molecule has 6 nitrogen and oxygen atoms in total. The molecule has 0 spiro atoms. The molecule has 0 saturated carbocycles. The Bertz CT molecular complexity index is 1250. The number of carbonyl (C=O) groups excluding carboxylic acids is 1. The van der Waals surface area contributed by atoms with Crippen molar-refractivity contribution < 1.29 is 32.2 Å². The fourth-order valence-electron chi connectivity index (χ4n) is 5.42. The van der Waals surface area contributed by atoms with Crippen LogP contribution in [0.25, 0.3) is 11.6 Å². The molecule has 0 amide bonds. The highest BCUT2D eigenvalue weighted by Gasteiger charge is 2.47. The van der Waals surface area contributed by atoms with Crippen LogP contribution in [0.1, 0.15) is 96.3 Å². The largest absolute Gasteiger partial charge is 0.573 e. The van der Waals surface area contributed by atoms with Gasteiger partial charge in [0.1, 0.15) is 11.5 Å². The zero-order valence-electron chi connectivity index (χ0n) is 26.1. The molecule has 0 heterocycles. The van der Waals surface area contributed by atoms with Crippen molar-refractivity contribution in [3.05, 3.63) is 59.2 Å². The number of halogens is 3. The Labute approximate surface area is 254 Å². The fourth-order valence-corrected chi connectivity index (χ4v) is 5.42. The normalized spacial score (nSPS) is 15.5. The molecule has 0 fully saturated rings. The van der Waals surface area contributed by atoms with Crippen LogP contribution >= 0.6 is 0 Å². The predicted octanol–water partition coefficient (Wildman–Crippen LogP) is 7.82. The standard InChI is InChI=1S/C34H47F3N2O4/c1-31(2,38)23-33(5,39)32(3,4)30(40)42-21-9-7-6-8-20-41-29-15-11-13-26-22-25(12-10-14-28(26)29)24-16-18-27(19-17-24)43-34(35,36)37/h11,13,15-19,22H,6-10,12,14,20-21,23,38-39H2,1-5H3. The van der Waals surface area contributed by atoms with Crippen LogP contribution in [0.3, 0.4) is 0 Å². The molecule has 0 saturated heterocycles. The van der Waals surface area contributed by atoms with E-state index >= 15 is 0 Å². The fraction of sp³-hybridized carbons (Fsp3) is 0.559. The molecule has 1 atom stereocenters. The number of hydrogen-bond acceptors (Lipinski definition) is 6. The third-order valence-corrected chi connectivity index (χ3v) is 8.12. The maximum absolute atomic E-state index is 12.8. The highest BCUT2D eigenvalue weighted by molar-refractivity contribution is 5.83. The molecule has 4 N–H and O–H groups in total. The van der Waals surface area contributed by atoms with Gasteiger partial charge >= 0.3 is 12.3 Å². The van der Waals surface area contributed by atoms with E-state index in [1.165, 1.54) is 12.1 Å². The summed E-state index contributed by atoms with van der Waals surface area (Å²) in [5.41, 5.74) is 14.6. The second-order valence-electron chi connectivity index (χ2n) is 13.0. The van der Waals surface area contributed by atoms with Crippen LogP contribution < -0.4 is 20.9 Å². The maximum atomic E-state index is 12.8. The van der Waals surface area contributed by atoms with Gasteiger partial charge < -0.3 is 25.7 Å². The van der Waals surface area contributed by atoms with Gasteiger partial charge in [0.05, 0.1) is 18.6 Å². The van der Waals surface area contributed by atoms with Gasteiger partial charge in [-0.2, -0.15) is 0 Å². The molecule has 2 aromatic carbocycles. The minimum atomic E-state index is -4.71. The first kappa shape index (κ1) is 34.5. The van der Waals surface area contributed by atoms with E-state index in [-0.39, 0.29) is 11.7 Å². The molecule has 0 radical (unpaired) electrons. The Morgan fingerprint density at radius 3 is 2.14 bits per heavy atom. The maximum Gasteiger partial charge on any atom is 0.573 e. The molecule has 43 heavy (non-hydrogen) atoms. The molecule has 0 bridgehead atoms. The Morgan fingerprint density at radius 2 is 1.51 bits per heavy atom. The lowest BCUT2D eigenvalue weighted by Gasteiger charge is -2.42. The van der Waals surface area contributed by atoms with Crippen molar-refractivity contribution in [2.45, 2.75) is 103 Å². The number of alkyl halides is 3. The van der Waals surface area contributed by atoms with Gasteiger partial charge in [0.15, 0.2) is 0 Å². The van der Waals surface area contributed by atoms with Gasteiger partial charge in [-0.15, -0.1) is 13.2 Å². The highest BCUT2D eigenvalue weighted by Crippen LogP contribution is 2.36. The minimum absolute atomic E-state index is 0.229. The Kier molecular flexibility index (Phi) is 11.3. The number of unbranched alkanes of at least 4 members (excludes halogenated alkanes) is 3. The molecule has 9 heteroatoms. The van der Waals surface area contributed by atoms with Crippen LogP contribution in [0.5, 0.6) is 11.5 Å². The van der Waals surface area contributed by atoms with Crippen LogP contribution in [0.4, 0.5) is 13.2 Å². The van der Waals surface area contributed by atoms with Gasteiger partial charge in [-0.1, -0.05) is 30.3 Å². The zero-order chi connectivity index (χ0) is 31.9. The predicted molar refractivity (Wildman–Crippen MR) is 165 cm³/mol. The van der Waals surface area contributed by atoms with Crippen molar-refractivity contribution in [2.24, 2.45) is 16.9 Å². The van der Waals surface area contributed by atoms with Crippen LogP contribution in [-0.2, 0) is 16.0 Å². The van der Waals surface area contributed by atoms with E-state index in [1.807, 2.05) is 52.8 Å². The van der Waals surface area contributed by atoms with Crippen molar-refractivity contribution >= 4 is 17.6 Å². The molecule has 1 aliphatic carbocycles. The third-order valence-electron chi connectivity index (χ3n) is 8.12. The van der Waals surface area contributed by atoms with Crippen LogP contribution in [0, 0.1) is 5.41 Å². The van der Waals surface area contributed by atoms with E-state index in [0.717, 1.165) is 73.0 Å². The number of fused-ring (bicyclic) bond motifs is 1. The summed E-state index contributed by atoms with van der Waals surface area (Å²) in [5.74, 6) is 0.332. The lowest BCUT2D eigenvalue weighted by atomic mass is 9.68. The average Bonchev–Trinajstić information content (AvgIpc) is 3.11. The second kappa shape index (κ2) is 14.2. The smallest absolute Gasteiger partial charge is 0.493 e. The number of hydrogen-bond donors (Lipinski definition) is 2. The van der Waals surface area contributed by atoms with Gasteiger partial charge in [0, 0.05) is 16.6 Å². The van der Waals surface area contributed by atoms with E-state index < -0.39 is 22.9 Å². The molecule has 238 valence electrons. The Balaban J connectivity index is 1.45. The monoisotopic (exact) mass is 604 g/mol. The summed E-state index contributed by atoms with van der Waals surface area (Å²) in [6.45, 7) is 10.2. The summed E-state index contributed by atoms with van der Waals surface area (Å²) in [6.07, 6.45) is 3.96. The minimum Gasteiger partial charge on any atom is -0.493 e. The molecule has 1 unspecified atom stereocenters. The number of benzene rings is 2. The number of esters is 1. The summed E-state index contributed by atoms with van der Waals surface area (Å²) in [5, 5.41) is 0. The number of ether oxygens (including phenoxy) is 3. The van der Waals surface area contributed by atoms with Crippen molar-refractivity contribution in [2.75, 3.05) is 13.2 Å². The van der Waals surface area contributed by atoms with Crippen molar-refractivity contribution in [1.82, 2.24) is 0 Å². The molecule has 0 aliphatic heterocycles. The Hall–Kier alpha value is -3.04. The summed E-state index contributed by atoms with van der Waals surface area (Å²) in [7, 11) is 0. The number of nitrogens with two attached hydrogens (primary N) is 2. The first-order valence-corrected chi connectivity index (χ1v) is 15.0. The average molecular weight is 605 g/mol. The van der Waals surface area contributed by atoms with Gasteiger partial charge in [-0.05, 0) is 121 Å². The lowest BCUT2D eigenvalue weighted by molar-refractivity contribution is -0.274. The van der Waals surface area contributed by atoms with E-state index in [4.69, 9.17) is 20.9 Å². The van der Waals surface area contributed by atoms with Gasteiger partial charge in [-0.25, -0.2) is 0 Å². The number of allylic oxidation sites excluding steroid dienone is 1. The van der Waals surface area contributed by atoms with Crippen molar-refractivity contribution in [1.29, 1.82) is 0 Å². The lowest BCUT2D eigenvalue weighted by Crippen LogP contribution is -2.59. The topological polar surface area (TPSA) is 96.8 Å². The molecular formula is C34H47F3N2O4. The number of rotatable bonds is 14. The quantitative estimate of drug-likeness (QED) is 0.169. The van der Waals surface area contributed by atoms with E-state index in [0.29, 0.717) is 19.6 Å². The summed E-state index contributed by atoms with van der Waals surface area (Å²) >= 11 is 0. The third kappa shape index (κ3) is 10.3. The summed E-state index contributed by atoms with van der Waals surface area (Å²) < 4.78 is 53.2. The Morgan fingerprint density at radius 1 is 0.860 bits per heavy atom. The van der Waals surface area contributed by atoms with Gasteiger partial charge in [-0.3, -0.25) is 4.79 Å². The summed E-state index contributed by atoms with van der Waals surface area (Å²) in [6, 6.07) is 12.0. The molecule has 0 aromatic heterocycles. The van der Waals surface area contributed by atoms with E-state index in [9.17, 15) is 18.0 Å². The molecule has 3 rings (SSSR count). The van der Waals surface area contributed by atoms with Crippen molar-refractivity contribution in [3.8, 4) is 11.5 Å². The van der Waals surface area contributed by atoms with Gasteiger partial charge in [0.2, 0.25) is 0 Å². The van der Waals surface area contributed by atoms with E-state index in [1.54, 1.807) is 12.1 Å². The highest BCUT2D eigenvalue weighted by atomic mass is 19.4. The first-order chi connectivity index (χ1) is 20.0. The molecular weight excluding hydrogens is 557 g/mol. The summed E-state index contributed by atoms with van der Waals surface area (Å²) in [4.78, 5) is 12.8. The second-order valence-corrected chi connectivity index (χ2v) is 13.0. The van der Waals surface area contributed by atoms with Gasteiger partial charge in [0.25, 0.3) is 0 Å². The first-order valence-electron chi connectivity index (χ1n) is 15.0. The van der Waals surface area contributed by atoms with Crippen LogP contribution in [0.2, 0.25) is 0 Å². The zero-order valence-corrected chi connectivity index (χ0v) is 26.1. The van der Waals surface area contributed by atoms with Crippen molar-refractivity contribution in [3.63, 3.8) is 0 Å². The van der Waals surface area contributed by atoms with Crippen LogP contribution in [-0.4, -0.2) is 36.6 Å². The molecule has 1 aliphatic rings. The van der Waals surface area contributed by atoms with Crippen LogP contribution in [0.15, 0.2) is 42.5 Å². The molecule has 2 aromatic rings. The SMILES string of the molecule is CC(C)(N)CC(C)(N)C(C)(C)C(=O)OCCCCCCOc1cccc2c1CCCC(c1ccc(OC(F)(F)F)cc1)=C2. The number of carbonyl (C=O) groups is 1.